The molecule has 2 aromatic carbocycles. The molecule has 0 bridgehead atoms. The average Bonchev–Trinajstić information content (AvgIpc) is 2.58. The SMILES string of the molecule is NC(=O)CCN(Cc1ccccc1)C(=S)Nc1cccc(C(F)(F)F)c1. The molecule has 0 fully saturated rings. The van der Waals surface area contributed by atoms with Crippen LogP contribution < -0.4 is 11.1 Å². The van der Waals surface area contributed by atoms with E-state index in [0.29, 0.717) is 6.54 Å². The van der Waals surface area contributed by atoms with Crippen LogP contribution in [0.5, 0.6) is 0 Å². The summed E-state index contributed by atoms with van der Waals surface area (Å²) >= 11 is 5.33. The van der Waals surface area contributed by atoms with Crippen molar-refractivity contribution in [2.24, 2.45) is 5.73 Å². The minimum atomic E-state index is -4.44. The number of nitrogens with zero attached hydrogens (tertiary/aromatic N) is 1. The molecule has 2 aromatic rings. The average molecular weight is 381 g/mol. The van der Waals surface area contributed by atoms with Crippen molar-refractivity contribution in [2.45, 2.75) is 19.1 Å². The molecule has 0 aliphatic heterocycles. The third-order valence-corrected chi connectivity index (χ3v) is 3.93. The maximum absolute atomic E-state index is 12.8. The fraction of sp³-hybridized carbons (Fsp3) is 0.222. The Morgan fingerprint density at radius 3 is 2.42 bits per heavy atom. The first kappa shape index (κ1) is 19.7. The number of carbonyl (C=O) groups excluding carboxylic acids is 1. The number of anilines is 1. The molecule has 8 heteroatoms. The normalized spacial score (nSPS) is 11.0. The van der Waals surface area contributed by atoms with Gasteiger partial charge in [0.15, 0.2) is 5.11 Å². The number of amides is 1. The molecule has 4 nitrogen and oxygen atoms in total. The molecule has 0 aromatic heterocycles. The Bertz CT molecular complexity index is 766. The van der Waals surface area contributed by atoms with Gasteiger partial charge in [0.1, 0.15) is 0 Å². The first-order valence-corrected chi connectivity index (χ1v) is 8.22. The third-order valence-electron chi connectivity index (χ3n) is 3.57. The number of hydrogen-bond acceptors (Lipinski definition) is 2. The first-order chi connectivity index (χ1) is 12.3. The van der Waals surface area contributed by atoms with Crippen molar-refractivity contribution in [3.05, 3.63) is 65.7 Å². The van der Waals surface area contributed by atoms with Gasteiger partial charge in [0.25, 0.3) is 0 Å². The Hall–Kier alpha value is -2.61. The van der Waals surface area contributed by atoms with Gasteiger partial charge in [-0.3, -0.25) is 4.79 Å². The lowest BCUT2D eigenvalue weighted by molar-refractivity contribution is -0.137. The number of nitrogens with one attached hydrogen (secondary N) is 1. The lowest BCUT2D eigenvalue weighted by Gasteiger charge is -2.26. The molecule has 0 aliphatic rings. The fourth-order valence-corrected chi connectivity index (χ4v) is 2.55. The molecular formula is C18H18F3N3OS. The highest BCUT2D eigenvalue weighted by molar-refractivity contribution is 7.80. The van der Waals surface area contributed by atoms with Crippen LogP contribution in [0.25, 0.3) is 0 Å². The Morgan fingerprint density at radius 2 is 1.81 bits per heavy atom. The standard InChI is InChI=1S/C18H18F3N3OS/c19-18(20,21)14-7-4-8-15(11-14)23-17(26)24(10-9-16(22)25)12-13-5-2-1-3-6-13/h1-8,11H,9-10,12H2,(H2,22,25)(H,23,26). The van der Waals surface area contributed by atoms with Crippen LogP contribution in [0.3, 0.4) is 0 Å². The molecule has 0 unspecified atom stereocenters. The summed E-state index contributed by atoms with van der Waals surface area (Å²) < 4.78 is 38.5. The lowest BCUT2D eigenvalue weighted by atomic mass is 10.2. The second kappa shape index (κ2) is 8.66. The summed E-state index contributed by atoms with van der Waals surface area (Å²) in [5, 5.41) is 3.02. The summed E-state index contributed by atoms with van der Waals surface area (Å²) in [6.07, 6.45) is -4.35. The number of alkyl halides is 3. The highest BCUT2D eigenvalue weighted by atomic mass is 32.1. The van der Waals surface area contributed by atoms with E-state index in [0.717, 1.165) is 17.7 Å². The summed E-state index contributed by atoms with van der Waals surface area (Å²) in [5.41, 5.74) is 5.61. The van der Waals surface area contributed by atoms with Crippen LogP contribution in [0.4, 0.5) is 18.9 Å². The van der Waals surface area contributed by atoms with E-state index in [1.807, 2.05) is 30.3 Å². The topological polar surface area (TPSA) is 58.4 Å². The van der Waals surface area contributed by atoms with Crippen molar-refractivity contribution in [1.82, 2.24) is 4.90 Å². The van der Waals surface area contributed by atoms with Crippen LogP contribution in [0.15, 0.2) is 54.6 Å². The number of thiocarbonyl (C=S) groups is 1. The molecule has 0 radical (unpaired) electrons. The Labute approximate surface area is 154 Å². The number of carbonyl (C=O) groups is 1. The zero-order chi connectivity index (χ0) is 19.2. The molecule has 0 aliphatic carbocycles. The molecule has 0 heterocycles. The zero-order valence-corrected chi connectivity index (χ0v) is 14.6. The molecule has 0 atom stereocenters. The van der Waals surface area contributed by atoms with Gasteiger partial charge in [-0.15, -0.1) is 0 Å². The van der Waals surface area contributed by atoms with E-state index >= 15 is 0 Å². The fourth-order valence-electron chi connectivity index (χ4n) is 2.28. The quantitative estimate of drug-likeness (QED) is 0.748. The Kier molecular flexibility index (Phi) is 6.57. The van der Waals surface area contributed by atoms with E-state index in [1.165, 1.54) is 12.1 Å². The molecular weight excluding hydrogens is 363 g/mol. The maximum Gasteiger partial charge on any atom is 0.416 e. The number of nitrogens with two attached hydrogens (primary N) is 1. The van der Waals surface area contributed by atoms with Crippen LogP contribution in [0.2, 0.25) is 0 Å². The summed E-state index contributed by atoms with van der Waals surface area (Å²) in [4.78, 5) is 12.8. The van der Waals surface area contributed by atoms with E-state index < -0.39 is 17.6 Å². The number of primary amides is 1. The van der Waals surface area contributed by atoms with Gasteiger partial charge in [0.2, 0.25) is 5.91 Å². The predicted octanol–water partition coefficient (Wildman–Crippen LogP) is 3.78. The van der Waals surface area contributed by atoms with Crippen molar-refractivity contribution in [2.75, 3.05) is 11.9 Å². The highest BCUT2D eigenvalue weighted by Crippen LogP contribution is 2.30. The van der Waals surface area contributed by atoms with Gasteiger partial charge in [0, 0.05) is 25.2 Å². The zero-order valence-electron chi connectivity index (χ0n) is 13.8. The van der Waals surface area contributed by atoms with Crippen LogP contribution in [-0.4, -0.2) is 22.5 Å². The maximum atomic E-state index is 12.8. The van der Waals surface area contributed by atoms with Crippen molar-refractivity contribution < 1.29 is 18.0 Å². The molecule has 0 saturated carbocycles. The van der Waals surface area contributed by atoms with Crippen molar-refractivity contribution in [3.8, 4) is 0 Å². The first-order valence-electron chi connectivity index (χ1n) is 7.81. The molecule has 0 spiro atoms. The van der Waals surface area contributed by atoms with Gasteiger partial charge < -0.3 is 16.0 Å². The molecule has 3 N–H and O–H groups in total. The number of benzene rings is 2. The Balaban J connectivity index is 2.14. The molecule has 26 heavy (non-hydrogen) atoms. The van der Waals surface area contributed by atoms with Gasteiger partial charge in [-0.1, -0.05) is 36.4 Å². The smallest absolute Gasteiger partial charge is 0.370 e. The second-order valence-corrected chi connectivity index (χ2v) is 6.02. The van der Waals surface area contributed by atoms with E-state index in [2.05, 4.69) is 5.32 Å². The van der Waals surface area contributed by atoms with Gasteiger partial charge in [0.05, 0.1) is 5.56 Å². The van der Waals surface area contributed by atoms with Crippen LogP contribution in [-0.2, 0) is 17.5 Å². The molecule has 1 amide bonds. The third kappa shape index (κ3) is 6.03. The summed E-state index contributed by atoms with van der Waals surface area (Å²) in [7, 11) is 0. The van der Waals surface area contributed by atoms with Crippen molar-refractivity contribution >= 4 is 28.9 Å². The van der Waals surface area contributed by atoms with Crippen molar-refractivity contribution in [1.29, 1.82) is 0 Å². The number of halogens is 3. The lowest BCUT2D eigenvalue weighted by Crippen LogP contribution is -2.36. The minimum Gasteiger partial charge on any atom is -0.370 e. The van der Waals surface area contributed by atoms with Gasteiger partial charge >= 0.3 is 6.18 Å². The highest BCUT2D eigenvalue weighted by Gasteiger charge is 2.30. The number of hydrogen-bond donors (Lipinski definition) is 2. The van der Waals surface area contributed by atoms with E-state index in [9.17, 15) is 18.0 Å². The minimum absolute atomic E-state index is 0.0806. The van der Waals surface area contributed by atoms with Gasteiger partial charge in [-0.05, 0) is 36.0 Å². The Morgan fingerprint density at radius 1 is 1.12 bits per heavy atom. The second-order valence-electron chi connectivity index (χ2n) is 5.63. The van der Waals surface area contributed by atoms with Gasteiger partial charge in [-0.2, -0.15) is 13.2 Å². The van der Waals surface area contributed by atoms with Crippen molar-refractivity contribution in [3.63, 3.8) is 0 Å². The summed E-state index contributed by atoms with van der Waals surface area (Å²) in [6.45, 7) is 0.661. The van der Waals surface area contributed by atoms with E-state index in [4.69, 9.17) is 18.0 Å². The summed E-state index contributed by atoms with van der Waals surface area (Å²) in [5.74, 6) is -0.482. The molecule has 2 rings (SSSR count). The van der Waals surface area contributed by atoms with Gasteiger partial charge in [-0.25, -0.2) is 0 Å². The number of rotatable bonds is 6. The van der Waals surface area contributed by atoms with Crippen LogP contribution in [0.1, 0.15) is 17.5 Å². The summed E-state index contributed by atoms with van der Waals surface area (Å²) in [6, 6.07) is 14.2. The van der Waals surface area contributed by atoms with E-state index in [1.54, 1.807) is 4.90 Å². The van der Waals surface area contributed by atoms with Crippen LogP contribution >= 0.6 is 12.2 Å². The largest absolute Gasteiger partial charge is 0.416 e. The molecule has 0 saturated heterocycles. The van der Waals surface area contributed by atoms with E-state index in [-0.39, 0.29) is 23.8 Å². The monoisotopic (exact) mass is 381 g/mol. The predicted molar refractivity (Wildman–Crippen MR) is 98.3 cm³/mol. The molecule has 138 valence electrons. The van der Waals surface area contributed by atoms with Crippen LogP contribution in [0, 0.1) is 0 Å².